The van der Waals surface area contributed by atoms with Crippen molar-refractivity contribution in [1.82, 2.24) is 20.8 Å². The molecule has 2 rings (SSSR count). The molecule has 2 amide bonds. The molecular formula is C14H20N4O3. The van der Waals surface area contributed by atoms with Gasteiger partial charge >= 0.3 is 12.0 Å². The highest BCUT2D eigenvalue weighted by molar-refractivity contribution is 5.76. The summed E-state index contributed by atoms with van der Waals surface area (Å²) >= 11 is 0. The number of hydrogen-bond acceptors (Lipinski definition) is 4. The van der Waals surface area contributed by atoms with Gasteiger partial charge in [-0.05, 0) is 25.0 Å². The van der Waals surface area contributed by atoms with Crippen LogP contribution in [-0.2, 0) is 11.3 Å². The Hall–Kier alpha value is -2.18. The molecule has 3 N–H and O–H groups in total. The molecule has 1 aromatic rings. The third-order valence-electron chi connectivity index (χ3n) is 3.71. The smallest absolute Gasteiger partial charge is 0.315 e. The molecule has 7 nitrogen and oxygen atoms in total. The van der Waals surface area contributed by atoms with E-state index in [0.717, 1.165) is 19.3 Å². The molecule has 0 aromatic carbocycles. The van der Waals surface area contributed by atoms with Crippen molar-refractivity contribution in [3.63, 3.8) is 0 Å². The molecule has 2 unspecified atom stereocenters. The summed E-state index contributed by atoms with van der Waals surface area (Å²) in [5.74, 6) is -1.34. The summed E-state index contributed by atoms with van der Waals surface area (Å²) < 4.78 is 0. The first-order chi connectivity index (χ1) is 10.2. The van der Waals surface area contributed by atoms with Crippen LogP contribution >= 0.6 is 0 Å². The van der Waals surface area contributed by atoms with Crippen molar-refractivity contribution in [2.45, 2.75) is 44.7 Å². The highest BCUT2D eigenvalue weighted by Gasteiger charge is 2.30. The second-order valence-corrected chi connectivity index (χ2v) is 5.23. The van der Waals surface area contributed by atoms with Crippen molar-refractivity contribution in [2.24, 2.45) is 5.92 Å². The van der Waals surface area contributed by atoms with Gasteiger partial charge in [-0.15, -0.1) is 0 Å². The van der Waals surface area contributed by atoms with Gasteiger partial charge in [-0.1, -0.05) is 19.3 Å². The molecule has 0 radical (unpaired) electrons. The number of carbonyl (C=O) groups excluding carboxylic acids is 1. The van der Waals surface area contributed by atoms with E-state index in [1.807, 2.05) is 0 Å². The minimum atomic E-state index is -0.837. The molecule has 0 saturated heterocycles. The Labute approximate surface area is 123 Å². The number of urea groups is 1. The fraction of sp³-hybridized carbons (Fsp3) is 0.571. The lowest BCUT2D eigenvalue weighted by Gasteiger charge is -2.22. The van der Waals surface area contributed by atoms with Gasteiger partial charge in [0.1, 0.15) is 0 Å². The van der Waals surface area contributed by atoms with Gasteiger partial charge in [0.05, 0.1) is 18.2 Å². The molecule has 1 aromatic heterocycles. The summed E-state index contributed by atoms with van der Waals surface area (Å²) in [6.45, 7) is 0.268. The average molecular weight is 292 g/mol. The summed E-state index contributed by atoms with van der Waals surface area (Å²) in [7, 11) is 0. The third kappa shape index (κ3) is 4.70. The number of aliphatic carboxylic acids is 1. The topological polar surface area (TPSA) is 104 Å². The summed E-state index contributed by atoms with van der Waals surface area (Å²) in [6.07, 6.45) is 5.74. The van der Waals surface area contributed by atoms with Gasteiger partial charge in [0.25, 0.3) is 0 Å². The minimum Gasteiger partial charge on any atom is -0.481 e. The molecule has 1 fully saturated rings. The first-order valence-corrected chi connectivity index (χ1v) is 7.20. The van der Waals surface area contributed by atoms with Crippen molar-refractivity contribution in [1.29, 1.82) is 0 Å². The number of nitrogens with one attached hydrogen (secondary N) is 2. The largest absolute Gasteiger partial charge is 0.481 e. The van der Waals surface area contributed by atoms with E-state index in [4.69, 9.17) is 0 Å². The standard InChI is InChI=1S/C14H20N4O3/c19-13(20)11-6-2-1-3-7-12(11)17-14(21)15-9-10-5-4-8-16-18-10/h4-5,8,11-12H,1-3,6-7,9H2,(H,19,20)(H2,15,17,21). The van der Waals surface area contributed by atoms with Crippen molar-refractivity contribution >= 4 is 12.0 Å². The van der Waals surface area contributed by atoms with Crippen LogP contribution in [0.25, 0.3) is 0 Å². The van der Waals surface area contributed by atoms with E-state index in [9.17, 15) is 14.7 Å². The summed E-state index contributed by atoms with van der Waals surface area (Å²) in [5, 5.41) is 22.3. The quantitative estimate of drug-likeness (QED) is 0.726. The molecule has 114 valence electrons. The molecule has 0 spiro atoms. The Morgan fingerprint density at radius 1 is 1.29 bits per heavy atom. The molecule has 0 aliphatic heterocycles. The van der Waals surface area contributed by atoms with Gasteiger partial charge < -0.3 is 15.7 Å². The molecule has 1 aliphatic rings. The van der Waals surface area contributed by atoms with Gasteiger partial charge in [0.15, 0.2) is 0 Å². The molecular weight excluding hydrogens is 272 g/mol. The second-order valence-electron chi connectivity index (χ2n) is 5.23. The van der Waals surface area contributed by atoms with Crippen LogP contribution in [0, 0.1) is 5.92 Å². The highest BCUT2D eigenvalue weighted by Crippen LogP contribution is 2.23. The fourth-order valence-corrected chi connectivity index (χ4v) is 2.59. The van der Waals surface area contributed by atoms with Gasteiger partial charge in [-0.25, -0.2) is 4.79 Å². The number of carboxylic acid groups (broad SMARTS) is 1. The Morgan fingerprint density at radius 2 is 2.10 bits per heavy atom. The molecule has 0 bridgehead atoms. The molecule has 2 atom stereocenters. The van der Waals surface area contributed by atoms with Crippen LogP contribution in [0.4, 0.5) is 4.79 Å². The molecule has 1 saturated carbocycles. The Kier molecular flexibility index (Phi) is 5.48. The van der Waals surface area contributed by atoms with Crippen LogP contribution in [0.15, 0.2) is 18.3 Å². The molecule has 7 heteroatoms. The van der Waals surface area contributed by atoms with Crippen LogP contribution in [0.3, 0.4) is 0 Å². The zero-order valence-electron chi connectivity index (χ0n) is 11.8. The van der Waals surface area contributed by atoms with E-state index in [2.05, 4.69) is 20.8 Å². The minimum absolute atomic E-state index is 0.268. The number of rotatable bonds is 4. The fourth-order valence-electron chi connectivity index (χ4n) is 2.59. The van der Waals surface area contributed by atoms with E-state index in [1.54, 1.807) is 18.3 Å². The highest BCUT2D eigenvalue weighted by atomic mass is 16.4. The number of nitrogens with zero attached hydrogens (tertiary/aromatic N) is 2. The SMILES string of the molecule is O=C(NCc1cccnn1)NC1CCCCCC1C(=O)O. The maximum Gasteiger partial charge on any atom is 0.315 e. The van der Waals surface area contributed by atoms with Crippen LogP contribution in [0.1, 0.15) is 37.8 Å². The van der Waals surface area contributed by atoms with Crippen LogP contribution in [0.5, 0.6) is 0 Å². The summed E-state index contributed by atoms with van der Waals surface area (Å²) in [4.78, 5) is 23.2. The lowest BCUT2D eigenvalue weighted by Crippen LogP contribution is -2.47. The molecule has 1 aliphatic carbocycles. The second kappa shape index (κ2) is 7.56. The first kappa shape index (κ1) is 15.2. The van der Waals surface area contributed by atoms with E-state index in [-0.39, 0.29) is 18.6 Å². The van der Waals surface area contributed by atoms with E-state index in [0.29, 0.717) is 18.5 Å². The van der Waals surface area contributed by atoms with Crippen molar-refractivity contribution in [3.8, 4) is 0 Å². The molecule has 21 heavy (non-hydrogen) atoms. The number of hydrogen-bond donors (Lipinski definition) is 3. The zero-order chi connectivity index (χ0) is 15.1. The average Bonchev–Trinajstić information content (AvgIpc) is 2.72. The van der Waals surface area contributed by atoms with E-state index in [1.165, 1.54) is 0 Å². The lowest BCUT2D eigenvalue weighted by molar-refractivity contribution is -0.142. The predicted octanol–water partition coefficient (Wildman–Crippen LogP) is 1.31. The van der Waals surface area contributed by atoms with Crippen LogP contribution in [0.2, 0.25) is 0 Å². The molecule has 1 heterocycles. The van der Waals surface area contributed by atoms with Crippen LogP contribution in [-0.4, -0.2) is 33.3 Å². The zero-order valence-corrected chi connectivity index (χ0v) is 11.8. The van der Waals surface area contributed by atoms with Crippen molar-refractivity contribution in [3.05, 3.63) is 24.0 Å². The van der Waals surface area contributed by atoms with Gasteiger partial charge in [-0.3, -0.25) is 4.79 Å². The Balaban J connectivity index is 1.86. The maximum absolute atomic E-state index is 11.9. The van der Waals surface area contributed by atoms with Crippen molar-refractivity contribution in [2.75, 3.05) is 0 Å². The Morgan fingerprint density at radius 3 is 2.81 bits per heavy atom. The monoisotopic (exact) mass is 292 g/mol. The van der Waals surface area contributed by atoms with Gasteiger partial charge in [0, 0.05) is 12.2 Å². The third-order valence-corrected chi connectivity index (χ3v) is 3.71. The summed E-state index contributed by atoms with van der Waals surface area (Å²) in [6, 6.07) is 2.83. The van der Waals surface area contributed by atoms with E-state index < -0.39 is 11.9 Å². The van der Waals surface area contributed by atoms with Crippen LogP contribution < -0.4 is 10.6 Å². The predicted molar refractivity (Wildman–Crippen MR) is 75.4 cm³/mol. The number of carbonyl (C=O) groups is 2. The number of carboxylic acids is 1. The summed E-state index contributed by atoms with van der Waals surface area (Å²) in [5.41, 5.74) is 0.656. The maximum atomic E-state index is 11.9. The van der Waals surface area contributed by atoms with E-state index >= 15 is 0 Å². The van der Waals surface area contributed by atoms with Gasteiger partial charge in [-0.2, -0.15) is 10.2 Å². The Bertz CT molecular complexity index is 480. The van der Waals surface area contributed by atoms with Crippen molar-refractivity contribution < 1.29 is 14.7 Å². The number of aromatic nitrogens is 2. The normalized spacial score (nSPS) is 22.1. The van der Waals surface area contributed by atoms with Gasteiger partial charge in [0.2, 0.25) is 0 Å². The first-order valence-electron chi connectivity index (χ1n) is 7.20. The number of amides is 2. The lowest BCUT2D eigenvalue weighted by atomic mass is 9.95.